The number of aliphatic hydroxyl groups is 1. The molecule has 1 aliphatic carbocycles. The predicted octanol–water partition coefficient (Wildman–Crippen LogP) is 3.24. The molecule has 1 aliphatic rings. The second-order valence-corrected chi connectivity index (χ2v) is 6.10. The van der Waals surface area contributed by atoms with Crippen molar-refractivity contribution < 1.29 is 5.11 Å². The van der Waals surface area contributed by atoms with Crippen molar-refractivity contribution in [1.82, 2.24) is 5.32 Å². The third-order valence-corrected chi connectivity index (χ3v) is 4.58. The Morgan fingerprint density at radius 3 is 2.62 bits per heavy atom. The monoisotopic (exact) mass is 290 g/mol. The van der Waals surface area contributed by atoms with Crippen LogP contribution in [0.25, 0.3) is 0 Å². The summed E-state index contributed by atoms with van der Waals surface area (Å²) in [6.45, 7) is 7.24. The lowest BCUT2D eigenvalue weighted by molar-refractivity contribution is 0.290. The van der Waals surface area contributed by atoms with E-state index < -0.39 is 0 Å². The fourth-order valence-electron chi connectivity index (χ4n) is 3.34. The Hall–Kier alpha value is -1.06. The van der Waals surface area contributed by atoms with Crippen LogP contribution in [0.3, 0.4) is 0 Å². The topological polar surface area (TPSA) is 35.5 Å². The zero-order valence-corrected chi connectivity index (χ0v) is 13.6. The molecule has 0 saturated heterocycles. The van der Waals surface area contributed by atoms with Crippen molar-refractivity contribution >= 4 is 5.69 Å². The second-order valence-electron chi connectivity index (χ2n) is 6.10. The summed E-state index contributed by atoms with van der Waals surface area (Å²) in [5.41, 5.74) is 3.98. The summed E-state index contributed by atoms with van der Waals surface area (Å²) in [6, 6.07) is 7.35. The van der Waals surface area contributed by atoms with E-state index in [1.807, 2.05) is 0 Å². The normalized spacial score (nSPS) is 16.1. The quantitative estimate of drug-likeness (QED) is 0.809. The van der Waals surface area contributed by atoms with E-state index in [0.29, 0.717) is 6.04 Å². The molecule has 3 nitrogen and oxygen atoms in total. The highest BCUT2D eigenvalue weighted by Gasteiger charge is 2.21. The van der Waals surface area contributed by atoms with Crippen LogP contribution < -0.4 is 10.2 Å². The second kappa shape index (κ2) is 8.40. The van der Waals surface area contributed by atoms with E-state index >= 15 is 0 Å². The maximum atomic E-state index is 9.42. The maximum Gasteiger partial charge on any atom is 0.0606 e. The first kappa shape index (κ1) is 16.3. The van der Waals surface area contributed by atoms with Crippen LogP contribution in [-0.4, -0.2) is 30.8 Å². The van der Waals surface area contributed by atoms with Crippen molar-refractivity contribution in [2.45, 2.75) is 58.5 Å². The average molecular weight is 290 g/mol. The van der Waals surface area contributed by atoms with Gasteiger partial charge in [-0.15, -0.1) is 0 Å². The first-order chi connectivity index (χ1) is 10.3. The molecule has 0 amide bonds. The van der Waals surface area contributed by atoms with E-state index in [4.69, 9.17) is 0 Å². The van der Waals surface area contributed by atoms with Crippen LogP contribution in [-0.2, 0) is 6.54 Å². The molecule has 0 heterocycles. The summed E-state index contributed by atoms with van der Waals surface area (Å²) in [5.74, 6) is 0. The van der Waals surface area contributed by atoms with Gasteiger partial charge in [0.1, 0.15) is 0 Å². The van der Waals surface area contributed by atoms with Crippen molar-refractivity contribution in [3.63, 3.8) is 0 Å². The highest BCUT2D eigenvalue weighted by atomic mass is 16.3. The zero-order valence-electron chi connectivity index (χ0n) is 13.6. The average Bonchev–Trinajstić information content (AvgIpc) is 2.52. The Balaban J connectivity index is 2.13. The Kier molecular flexibility index (Phi) is 6.52. The van der Waals surface area contributed by atoms with Gasteiger partial charge in [-0.1, -0.05) is 32.3 Å². The molecule has 0 aromatic heterocycles. The van der Waals surface area contributed by atoms with E-state index in [1.165, 1.54) is 48.9 Å². The molecule has 0 unspecified atom stereocenters. The van der Waals surface area contributed by atoms with Gasteiger partial charge in [0.2, 0.25) is 0 Å². The van der Waals surface area contributed by atoms with E-state index in [-0.39, 0.29) is 6.61 Å². The van der Waals surface area contributed by atoms with Crippen LogP contribution >= 0.6 is 0 Å². The summed E-state index contributed by atoms with van der Waals surface area (Å²) in [4.78, 5) is 2.42. The molecule has 0 aliphatic heterocycles. The fraction of sp³-hybridized carbons (Fsp3) is 0.667. The molecule has 2 N–H and O–H groups in total. The van der Waals surface area contributed by atoms with Crippen LogP contribution in [0.2, 0.25) is 0 Å². The van der Waals surface area contributed by atoms with Crippen molar-refractivity contribution in [2.75, 3.05) is 24.6 Å². The SMILES string of the molecule is CCNCc1ccc(N(CCO)C2CCCCC2)cc1C. The first-order valence-electron chi connectivity index (χ1n) is 8.44. The Morgan fingerprint density at radius 2 is 2.00 bits per heavy atom. The van der Waals surface area contributed by atoms with Gasteiger partial charge in [-0.2, -0.15) is 0 Å². The third kappa shape index (κ3) is 4.45. The van der Waals surface area contributed by atoms with Crippen LogP contribution in [0.4, 0.5) is 5.69 Å². The van der Waals surface area contributed by atoms with Gasteiger partial charge in [0.05, 0.1) is 6.61 Å². The van der Waals surface area contributed by atoms with Crippen molar-refractivity contribution in [2.24, 2.45) is 0 Å². The Morgan fingerprint density at radius 1 is 1.24 bits per heavy atom. The highest BCUT2D eigenvalue weighted by Crippen LogP contribution is 2.28. The molecule has 0 bridgehead atoms. The van der Waals surface area contributed by atoms with E-state index in [2.05, 4.69) is 42.3 Å². The zero-order chi connectivity index (χ0) is 15.1. The molecule has 3 heteroatoms. The third-order valence-electron chi connectivity index (χ3n) is 4.58. The van der Waals surface area contributed by atoms with Gasteiger partial charge in [-0.05, 0) is 49.6 Å². The predicted molar refractivity (Wildman–Crippen MR) is 89.9 cm³/mol. The van der Waals surface area contributed by atoms with Crippen molar-refractivity contribution in [3.05, 3.63) is 29.3 Å². The molecular weight excluding hydrogens is 260 g/mol. The summed E-state index contributed by atoms with van der Waals surface area (Å²) >= 11 is 0. The minimum absolute atomic E-state index is 0.231. The molecule has 1 fully saturated rings. The molecule has 1 aromatic carbocycles. The molecular formula is C18H30N2O. The number of rotatable bonds is 7. The molecule has 0 atom stereocenters. The molecule has 0 spiro atoms. The number of aryl methyl sites for hydroxylation is 1. The van der Waals surface area contributed by atoms with E-state index in [0.717, 1.165) is 19.6 Å². The minimum atomic E-state index is 0.231. The van der Waals surface area contributed by atoms with Crippen LogP contribution in [0.15, 0.2) is 18.2 Å². The Bertz CT molecular complexity index is 427. The van der Waals surface area contributed by atoms with Crippen LogP contribution in [0.1, 0.15) is 50.2 Å². The summed E-state index contributed by atoms with van der Waals surface area (Å²) in [5, 5.41) is 12.8. The molecule has 1 saturated carbocycles. The van der Waals surface area contributed by atoms with Crippen molar-refractivity contribution in [1.29, 1.82) is 0 Å². The van der Waals surface area contributed by atoms with Gasteiger partial charge in [0.15, 0.2) is 0 Å². The van der Waals surface area contributed by atoms with Gasteiger partial charge in [0, 0.05) is 24.8 Å². The van der Waals surface area contributed by atoms with E-state index in [9.17, 15) is 5.11 Å². The molecule has 118 valence electrons. The standard InChI is InChI=1S/C18H30N2O/c1-3-19-14-16-9-10-18(13-15(16)2)20(11-12-21)17-7-5-4-6-8-17/h9-10,13,17,19,21H,3-8,11-12,14H2,1-2H3. The maximum absolute atomic E-state index is 9.42. The number of nitrogens with one attached hydrogen (secondary N) is 1. The summed E-state index contributed by atoms with van der Waals surface area (Å²) in [6.07, 6.45) is 6.54. The van der Waals surface area contributed by atoms with Gasteiger partial charge >= 0.3 is 0 Å². The van der Waals surface area contributed by atoms with Crippen molar-refractivity contribution in [3.8, 4) is 0 Å². The van der Waals surface area contributed by atoms with Gasteiger partial charge in [-0.3, -0.25) is 0 Å². The summed E-state index contributed by atoms with van der Waals surface area (Å²) in [7, 11) is 0. The van der Waals surface area contributed by atoms with Gasteiger partial charge in [0.25, 0.3) is 0 Å². The molecule has 21 heavy (non-hydrogen) atoms. The highest BCUT2D eigenvalue weighted by molar-refractivity contribution is 5.51. The van der Waals surface area contributed by atoms with E-state index in [1.54, 1.807) is 0 Å². The molecule has 1 aromatic rings. The largest absolute Gasteiger partial charge is 0.395 e. The first-order valence-corrected chi connectivity index (χ1v) is 8.44. The number of hydrogen-bond acceptors (Lipinski definition) is 3. The number of anilines is 1. The molecule has 0 radical (unpaired) electrons. The lowest BCUT2D eigenvalue weighted by Gasteiger charge is -2.36. The minimum Gasteiger partial charge on any atom is -0.395 e. The van der Waals surface area contributed by atoms with Gasteiger partial charge < -0.3 is 15.3 Å². The number of nitrogens with zero attached hydrogens (tertiary/aromatic N) is 1. The lowest BCUT2D eigenvalue weighted by Crippen LogP contribution is -2.38. The fourth-order valence-corrected chi connectivity index (χ4v) is 3.34. The van der Waals surface area contributed by atoms with Gasteiger partial charge in [-0.25, -0.2) is 0 Å². The number of aliphatic hydroxyl groups excluding tert-OH is 1. The smallest absolute Gasteiger partial charge is 0.0606 e. The number of hydrogen-bond donors (Lipinski definition) is 2. The van der Waals surface area contributed by atoms with Crippen LogP contribution in [0.5, 0.6) is 0 Å². The summed E-state index contributed by atoms with van der Waals surface area (Å²) < 4.78 is 0. The van der Waals surface area contributed by atoms with Crippen LogP contribution in [0, 0.1) is 6.92 Å². The molecule has 2 rings (SSSR count). The number of benzene rings is 1. The lowest BCUT2D eigenvalue weighted by atomic mass is 9.93. The Labute approximate surface area is 129 Å².